The van der Waals surface area contributed by atoms with Crippen LogP contribution in [-0.2, 0) is 37.5 Å². The van der Waals surface area contributed by atoms with Gasteiger partial charge in [0.2, 0.25) is 0 Å². The van der Waals surface area contributed by atoms with E-state index in [4.69, 9.17) is 24.8 Å². The lowest BCUT2D eigenvalue weighted by molar-refractivity contribution is -0.161. The van der Waals surface area contributed by atoms with Gasteiger partial charge in [0.25, 0.3) is 0 Å². The third-order valence-corrected chi connectivity index (χ3v) is 11.6. The van der Waals surface area contributed by atoms with E-state index in [-0.39, 0.29) is 19.4 Å². The molecule has 61 heavy (non-hydrogen) atoms. The lowest BCUT2D eigenvalue weighted by Gasteiger charge is -2.20. The number of hydrogen-bond acceptors (Lipinski definition) is 9. The summed E-state index contributed by atoms with van der Waals surface area (Å²) in [5.74, 6) is -2.38. The van der Waals surface area contributed by atoms with Gasteiger partial charge in [-0.05, 0) is 70.6 Å². The molecule has 0 radical (unpaired) electrons. The molecule has 0 saturated heterocycles. The second-order valence-electron chi connectivity index (χ2n) is 16.6. The first-order chi connectivity index (χ1) is 29.6. The van der Waals surface area contributed by atoms with Gasteiger partial charge in [-0.15, -0.1) is 0 Å². The van der Waals surface area contributed by atoms with Crippen molar-refractivity contribution in [3.8, 4) is 0 Å². The predicted molar refractivity (Wildman–Crippen MR) is 249 cm³/mol. The average molecular weight is 884 g/mol. The molecule has 0 heterocycles. The minimum atomic E-state index is -4.72. The van der Waals surface area contributed by atoms with Gasteiger partial charge in [-0.3, -0.25) is 23.4 Å². The number of nitrogens with two attached hydrogens (primary N) is 1. The van der Waals surface area contributed by atoms with Gasteiger partial charge in [0.1, 0.15) is 12.6 Å². The number of carbonyl (C=O) groups is 3. The Kier molecular flexibility index (Phi) is 42.6. The second-order valence-corrected chi connectivity index (χ2v) is 18.0. The van der Waals surface area contributed by atoms with Crippen molar-refractivity contribution < 1.29 is 47.5 Å². The van der Waals surface area contributed by atoms with Crippen molar-refractivity contribution in [1.29, 1.82) is 0 Å². The number of unbranched alkanes of at least 4 members (excludes halogenated alkanes) is 26. The molecular formula is C49H90NO10P. The zero-order chi connectivity index (χ0) is 44.9. The van der Waals surface area contributed by atoms with E-state index in [1.165, 1.54) is 128 Å². The van der Waals surface area contributed by atoms with E-state index in [1.54, 1.807) is 0 Å². The molecule has 12 heteroatoms. The molecule has 0 rings (SSSR count). The molecule has 0 aliphatic carbocycles. The van der Waals surface area contributed by atoms with E-state index in [9.17, 15) is 23.8 Å². The van der Waals surface area contributed by atoms with E-state index >= 15 is 0 Å². The van der Waals surface area contributed by atoms with E-state index in [0.717, 1.165) is 57.8 Å². The van der Waals surface area contributed by atoms with Crippen LogP contribution in [0.5, 0.6) is 0 Å². The molecule has 0 aromatic carbocycles. The van der Waals surface area contributed by atoms with Crippen LogP contribution >= 0.6 is 7.82 Å². The van der Waals surface area contributed by atoms with Crippen molar-refractivity contribution in [3.63, 3.8) is 0 Å². The summed E-state index contributed by atoms with van der Waals surface area (Å²) in [6.45, 7) is 2.80. The zero-order valence-electron chi connectivity index (χ0n) is 38.8. The van der Waals surface area contributed by atoms with Crippen LogP contribution in [0.3, 0.4) is 0 Å². The Labute approximate surface area is 372 Å². The molecular weight excluding hydrogens is 794 g/mol. The Morgan fingerprint density at radius 3 is 1.31 bits per heavy atom. The normalized spacial score (nSPS) is 13.9. The Morgan fingerprint density at radius 2 is 0.869 bits per heavy atom. The maximum absolute atomic E-state index is 12.7. The number of esters is 2. The van der Waals surface area contributed by atoms with Crippen LogP contribution in [0, 0.1) is 0 Å². The van der Waals surface area contributed by atoms with Crippen molar-refractivity contribution in [1.82, 2.24) is 0 Å². The molecule has 0 spiro atoms. The summed E-state index contributed by atoms with van der Waals surface area (Å²) in [7, 11) is -4.72. The fourth-order valence-electron chi connectivity index (χ4n) is 6.74. The number of rotatable bonds is 46. The van der Waals surface area contributed by atoms with Gasteiger partial charge in [0, 0.05) is 12.8 Å². The van der Waals surface area contributed by atoms with Crippen molar-refractivity contribution in [2.75, 3.05) is 19.8 Å². The quantitative estimate of drug-likeness (QED) is 0.0230. The first-order valence-electron chi connectivity index (χ1n) is 24.5. The molecule has 0 aromatic heterocycles. The highest BCUT2D eigenvalue weighted by Gasteiger charge is 2.28. The molecule has 3 unspecified atom stereocenters. The molecule has 0 amide bonds. The molecule has 4 N–H and O–H groups in total. The minimum absolute atomic E-state index is 0.153. The maximum atomic E-state index is 12.7. The second kappa shape index (κ2) is 44.3. The van der Waals surface area contributed by atoms with Gasteiger partial charge in [-0.25, -0.2) is 4.57 Å². The lowest BCUT2D eigenvalue weighted by Crippen LogP contribution is -2.34. The molecule has 0 saturated carbocycles. The highest BCUT2D eigenvalue weighted by atomic mass is 31.2. The van der Waals surface area contributed by atoms with Crippen molar-refractivity contribution in [2.45, 2.75) is 238 Å². The largest absolute Gasteiger partial charge is 0.480 e. The van der Waals surface area contributed by atoms with Gasteiger partial charge in [0.05, 0.1) is 13.2 Å². The molecule has 0 aromatic rings. The number of phosphoric acid groups is 1. The minimum Gasteiger partial charge on any atom is -0.480 e. The Bertz CT molecular complexity index is 1180. The van der Waals surface area contributed by atoms with Crippen LogP contribution in [0.4, 0.5) is 0 Å². The number of ether oxygens (including phenoxy) is 2. The summed E-state index contributed by atoms with van der Waals surface area (Å²) < 4.78 is 32.8. The topological polar surface area (TPSA) is 172 Å². The fourth-order valence-corrected chi connectivity index (χ4v) is 7.52. The molecule has 0 aliphatic heterocycles. The summed E-state index contributed by atoms with van der Waals surface area (Å²) in [5, 5.41) is 8.91. The molecule has 0 fully saturated rings. The average Bonchev–Trinajstić information content (AvgIpc) is 3.24. The number of carbonyl (C=O) groups excluding carboxylic acids is 2. The molecule has 11 nitrogen and oxygen atoms in total. The smallest absolute Gasteiger partial charge is 0.472 e. The van der Waals surface area contributed by atoms with Crippen LogP contribution in [0.1, 0.15) is 226 Å². The molecule has 0 bridgehead atoms. The van der Waals surface area contributed by atoms with Crippen LogP contribution in [-0.4, -0.2) is 59.9 Å². The summed E-state index contributed by atoms with van der Waals surface area (Å²) in [6.07, 6.45) is 49.1. The highest BCUT2D eigenvalue weighted by Crippen LogP contribution is 2.43. The van der Waals surface area contributed by atoms with Gasteiger partial charge in [0.15, 0.2) is 6.10 Å². The number of aliphatic carboxylic acids is 1. The summed E-state index contributed by atoms with van der Waals surface area (Å²) in [5.41, 5.74) is 5.35. The maximum Gasteiger partial charge on any atom is 0.472 e. The Hall–Kier alpha value is -2.30. The van der Waals surface area contributed by atoms with Gasteiger partial charge in [-0.1, -0.05) is 179 Å². The highest BCUT2D eigenvalue weighted by molar-refractivity contribution is 7.47. The number of phosphoric ester groups is 1. The first kappa shape index (κ1) is 58.7. The van der Waals surface area contributed by atoms with Crippen molar-refractivity contribution in [2.24, 2.45) is 5.73 Å². The fraction of sp³-hybridized carbons (Fsp3) is 0.816. The van der Waals surface area contributed by atoms with Gasteiger partial charge < -0.3 is 25.2 Å². The number of hydrogen-bond donors (Lipinski definition) is 3. The van der Waals surface area contributed by atoms with Crippen LogP contribution in [0.15, 0.2) is 36.5 Å². The zero-order valence-corrected chi connectivity index (χ0v) is 39.7. The first-order valence-corrected chi connectivity index (χ1v) is 26.0. The lowest BCUT2D eigenvalue weighted by atomic mass is 10.1. The van der Waals surface area contributed by atoms with E-state index in [1.807, 2.05) is 0 Å². The number of allylic oxidation sites excluding steroid dienone is 6. The molecule has 356 valence electrons. The third-order valence-electron chi connectivity index (χ3n) is 10.6. The van der Waals surface area contributed by atoms with Crippen molar-refractivity contribution in [3.05, 3.63) is 36.5 Å². The number of carboxylic acids is 1. The summed E-state index contributed by atoms with van der Waals surface area (Å²) in [4.78, 5) is 46.1. The van der Waals surface area contributed by atoms with Gasteiger partial charge in [-0.2, -0.15) is 0 Å². The third kappa shape index (κ3) is 44.1. The van der Waals surface area contributed by atoms with Gasteiger partial charge >= 0.3 is 25.7 Å². The van der Waals surface area contributed by atoms with Crippen LogP contribution < -0.4 is 5.73 Å². The SMILES string of the molecule is CCCCCC/C=C\C/C=C\CCCCCCCCCC(=O)OC(COC(=O)CCCCCCCCCCC/C=C\CCCCCCCC)COP(=O)(O)OCC(N)C(=O)O. The Morgan fingerprint density at radius 1 is 0.508 bits per heavy atom. The summed E-state index contributed by atoms with van der Waals surface area (Å²) in [6, 6.07) is -1.52. The van der Waals surface area contributed by atoms with E-state index < -0.39 is 51.1 Å². The molecule has 0 aliphatic rings. The van der Waals surface area contributed by atoms with Crippen LogP contribution in [0.2, 0.25) is 0 Å². The van der Waals surface area contributed by atoms with Crippen LogP contribution in [0.25, 0.3) is 0 Å². The van der Waals surface area contributed by atoms with Crippen molar-refractivity contribution >= 4 is 25.7 Å². The Balaban J connectivity index is 4.29. The summed E-state index contributed by atoms with van der Waals surface area (Å²) >= 11 is 0. The monoisotopic (exact) mass is 884 g/mol. The number of carboxylic acid groups (broad SMARTS) is 1. The molecule has 3 atom stereocenters. The standard InChI is InChI=1S/C49H90NO10P/c1-3-5-7-9-11-13-15-17-19-21-23-25-26-28-30-32-34-36-38-40-47(51)57-42-45(43-58-61(55,56)59-44-46(50)49(53)54)60-48(52)41-39-37-35-33-31-29-27-24-22-20-18-16-14-12-10-8-6-4-2/h14,16-17,19-20,22,45-46H,3-13,15,18,21,23-44,50H2,1-2H3,(H,53,54)(H,55,56)/b16-14-,19-17-,22-20-. The predicted octanol–water partition coefficient (Wildman–Crippen LogP) is 13.6. The van der Waals surface area contributed by atoms with E-state index in [2.05, 4.69) is 54.8 Å². The van der Waals surface area contributed by atoms with E-state index in [0.29, 0.717) is 12.8 Å².